The molecule has 54 heavy (non-hydrogen) atoms. The van der Waals surface area contributed by atoms with Gasteiger partial charge in [-0.05, 0) is 77.0 Å². The van der Waals surface area contributed by atoms with Crippen molar-refractivity contribution >= 4 is 11.9 Å². The third kappa shape index (κ3) is 37.0. The Morgan fingerprint density at radius 3 is 1.54 bits per heavy atom. The summed E-state index contributed by atoms with van der Waals surface area (Å²) in [6, 6.07) is -0.703. The van der Waals surface area contributed by atoms with Crippen LogP contribution >= 0.6 is 0 Å². The smallest absolute Gasteiger partial charge is 0.306 e. The Labute approximate surface area is 334 Å². The molecule has 6 heteroatoms. The van der Waals surface area contributed by atoms with E-state index in [9.17, 15) is 19.8 Å². The maximum atomic E-state index is 13.1. The third-order valence-corrected chi connectivity index (χ3v) is 10.4. The molecule has 3 unspecified atom stereocenters. The molecule has 0 aromatic rings. The van der Waals surface area contributed by atoms with Gasteiger partial charge in [-0.2, -0.15) is 0 Å². The van der Waals surface area contributed by atoms with Crippen molar-refractivity contribution in [1.82, 2.24) is 5.32 Å². The van der Waals surface area contributed by atoms with Crippen LogP contribution in [0, 0.1) is 0 Å². The lowest BCUT2D eigenvalue weighted by Gasteiger charge is -2.24. The molecule has 0 spiro atoms. The zero-order valence-corrected chi connectivity index (χ0v) is 35.9. The molecule has 3 N–H and O–H groups in total. The van der Waals surface area contributed by atoms with Crippen LogP contribution in [0.1, 0.15) is 233 Å². The van der Waals surface area contributed by atoms with Crippen LogP contribution in [0.2, 0.25) is 0 Å². The first kappa shape index (κ1) is 52.1. The zero-order chi connectivity index (χ0) is 39.6. The van der Waals surface area contributed by atoms with Gasteiger partial charge in [0.15, 0.2) is 0 Å². The molecule has 0 aliphatic carbocycles. The lowest BCUT2D eigenvalue weighted by molar-refractivity contribution is -0.151. The molecule has 0 saturated heterocycles. The predicted molar refractivity (Wildman–Crippen MR) is 232 cm³/mol. The summed E-state index contributed by atoms with van der Waals surface area (Å²) in [5.41, 5.74) is 0. The number of aliphatic hydroxyl groups is 2. The Balaban J connectivity index is 4.63. The van der Waals surface area contributed by atoms with E-state index >= 15 is 0 Å². The second kappa shape index (κ2) is 42.2. The summed E-state index contributed by atoms with van der Waals surface area (Å²) < 4.78 is 5.89. The van der Waals surface area contributed by atoms with E-state index < -0.39 is 18.2 Å². The highest BCUT2D eigenvalue weighted by Crippen LogP contribution is 2.17. The van der Waals surface area contributed by atoms with Crippen molar-refractivity contribution in [3.05, 3.63) is 36.5 Å². The zero-order valence-electron chi connectivity index (χ0n) is 35.9. The van der Waals surface area contributed by atoms with Gasteiger partial charge in [0.1, 0.15) is 6.10 Å². The first-order chi connectivity index (χ1) is 26.5. The number of allylic oxidation sites excluding steroid dienone is 6. The molecule has 0 heterocycles. The molecule has 0 aliphatic heterocycles. The molecule has 6 nitrogen and oxygen atoms in total. The number of carbonyl (C=O) groups excluding carboxylic acids is 2. The molecule has 0 radical (unpaired) electrons. The average Bonchev–Trinajstić information content (AvgIpc) is 3.16. The SMILES string of the molecule is CCC/C=C\CCCCCCCC(=O)OC(CCCCCCC/C=C\C/C=C\CCCCC)CC(=O)NC(CO)C(O)CCCCCCCCCCCC. The first-order valence-corrected chi connectivity index (χ1v) is 23.2. The molecule has 316 valence electrons. The van der Waals surface area contributed by atoms with E-state index in [0.717, 1.165) is 83.5 Å². The molecule has 1 amide bonds. The molecule has 0 bridgehead atoms. The Bertz CT molecular complexity index is 900. The fourth-order valence-corrected chi connectivity index (χ4v) is 6.87. The lowest BCUT2D eigenvalue weighted by Crippen LogP contribution is -2.46. The molecule has 0 aromatic heterocycles. The van der Waals surface area contributed by atoms with E-state index in [-0.39, 0.29) is 24.9 Å². The Morgan fingerprint density at radius 2 is 0.981 bits per heavy atom. The van der Waals surface area contributed by atoms with E-state index in [1.54, 1.807) is 0 Å². The van der Waals surface area contributed by atoms with E-state index in [2.05, 4.69) is 62.5 Å². The number of ether oxygens (including phenoxy) is 1. The van der Waals surface area contributed by atoms with Gasteiger partial charge in [0.25, 0.3) is 0 Å². The summed E-state index contributed by atoms with van der Waals surface area (Å²) in [6.07, 6.45) is 47.7. The van der Waals surface area contributed by atoms with E-state index in [0.29, 0.717) is 19.3 Å². The minimum atomic E-state index is -0.789. The maximum Gasteiger partial charge on any atom is 0.306 e. The van der Waals surface area contributed by atoms with Gasteiger partial charge < -0.3 is 20.3 Å². The number of hydrogen-bond donors (Lipinski definition) is 3. The second-order valence-corrected chi connectivity index (χ2v) is 15.8. The van der Waals surface area contributed by atoms with Gasteiger partial charge in [-0.15, -0.1) is 0 Å². The number of aliphatic hydroxyl groups excluding tert-OH is 2. The average molecular weight is 760 g/mol. The van der Waals surface area contributed by atoms with Gasteiger partial charge in [-0.1, -0.05) is 179 Å². The molecule has 0 aromatic carbocycles. The molecule has 0 fully saturated rings. The van der Waals surface area contributed by atoms with Gasteiger partial charge in [0, 0.05) is 6.42 Å². The van der Waals surface area contributed by atoms with Crippen molar-refractivity contribution in [2.45, 2.75) is 251 Å². The summed E-state index contributed by atoms with van der Waals surface area (Å²) in [5.74, 6) is -0.498. The fraction of sp³-hybridized carbons (Fsp3) is 0.833. The lowest BCUT2D eigenvalue weighted by atomic mass is 10.0. The number of esters is 1. The van der Waals surface area contributed by atoms with Gasteiger partial charge in [-0.3, -0.25) is 9.59 Å². The van der Waals surface area contributed by atoms with Crippen LogP contribution in [-0.4, -0.2) is 46.9 Å². The van der Waals surface area contributed by atoms with Crippen LogP contribution < -0.4 is 5.32 Å². The minimum Gasteiger partial charge on any atom is -0.462 e. The fourth-order valence-electron chi connectivity index (χ4n) is 6.87. The maximum absolute atomic E-state index is 13.1. The normalized spacial score (nSPS) is 13.6. The van der Waals surface area contributed by atoms with E-state index in [4.69, 9.17) is 4.74 Å². The van der Waals surface area contributed by atoms with Crippen molar-refractivity contribution in [3.63, 3.8) is 0 Å². The van der Waals surface area contributed by atoms with Crippen LogP contribution in [-0.2, 0) is 14.3 Å². The van der Waals surface area contributed by atoms with Crippen molar-refractivity contribution in [2.75, 3.05) is 6.61 Å². The monoisotopic (exact) mass is 760 g/mol. The van der Waals surface area contributed by atoms with Crippen molar-refractivity contribution in [2.24, 2.45) is 0 Å². The number of rotatable bonds is 41. The Kier molecular flexibility index (Phi) is 40.7. The highest BCUT2D eigenvalue weighted by Gasteiger charge is 2.24. The van der Waals surface area contributed by atoms with Crippen LogP contribution in [0.25, 0.3) is 0 Å². The summed E-state index contributed by atoms with van der Waals surface area (Å²) in [4.78, 5) is 26.0. The number of hydrogen-bond acceptors (Lipinski definition) is 5. The summed E-state index contributed by atoms with van der Waals surface area (Å²) in [7, 11) is 0. The molecule has 0 rings (SSSR count). The number of nitrogens with one attached hydrogen (secondary N) is 1. The van der Waals surface area contributed by atoms with E-state index in [1.165, 1.54) is 103 Å². The van der Waals surface area contributed by atoms with Gasteiger partial charge in [0.2, 0.25) is 5.91 Å². The first-order valence-electron chi connectivity index (χ1n) is 23.2. The standard InChI is InChI=1S/C48H89NO5/c1-4-7-10-13-16-19-22-23-24-25-26-27-30-33-36-39-44(54-48(53)41-38-35-32-29-21-18-15-12-9-6-3)42-47(52)49-45(43-50)46(51)40-37-34-31-28-20-17-14-11-8-5-2/h12,15-16,19,23-24,44-46,50-51H,4-11,13-14,17-18,20-22,25-43H2,1-3H3,(H,49,52)/b15-12-,19-16-,24-23-. The molecule has 3 atom stereocenters. The van der Waals surface area contributed by atoms with Crippen molar-refractivity contribution < 1.29 is 24.5 Å². The molecular weight excluding hydrogens is 671 g/mol. The van der Waals surface area contributed by atoms with Crippen LogP contribution in [0.15, 0.2) is 36.5 Å². The number of unbranched alkanes of at least 4 members (excludes halogenated alkanes) is 23. The number of carbonyl (C=O) groups is 2. The van der Waals surface area contributed by atoms with Gasteiger partial charge in [-0.25, -0.2) is 0 Å². The quantitative estimate of drug-likeness (QED) is 0.0328. The predicted octanol–water partition coefficient (Wildman–Crippen LogP) is 13.3. The second-order valence-electron chi connectivity index (χ2n) is 15.8. The Morgan fingerprint density at radius 1 is 0.537 bits per heavy atom. The Hall–Kier alpha value is -1.92. The van der Waals surface area contributed by atoms with Crippen molar-refractivity contribution in [3.8, 4) is 0 Å². The third-order valence-electron chi connectivity index (χ3n) is 10.4. The molecule has 0 saturated carbocycles. The van der Waals surface area contributed by atoms with Gasteiger partial charge in [0.05, 0.1) is 25.2 Å². The van der Waals surface area contributed by atoms with E-state index in [1.807, 2.05) is 0 Å². The largest absolute Gasteiger partial charge is 0.462 e. The van der Waals surface area contributed by atoms with Crippen LogP contribution in [0.3, 0.4) is 0 Å². The highest BCUT2D eigenvalue weighted by atomic mass is 16.5. The topological polar surface area (TPSA) is 95.9 Å². The molecular formula is C48H89NO5. The van der Waals surface area contributed by atoms with Crippen molar-refractivity contribution in [1.29, 1.82) is 0 Å². The number of amides is 1. The highest BCUT2D eigenvalue weighted by molar-refractivity contribution is 5.77. The van der Waals surface area contributed by atoms with Gasteiger partial charge >= 0.3 is 5.97 Å². The summed E-state index contributed by atoms with van der Waals surface area (Å²) >= 11 is 0. The minimum absolute atomic E-state index is 0.0661. The van der Waals surface area contributed by atoms with Crippen LogP contribution in [0.4, 0.5) is 0 Å². The molecule has 0 aliphatic rings. The summed E-state index contributed by atoms with van der Waals surface area (Å²) in [5, 5.41) is 23.6. The van der Waals surface area contributed by atoms with Crippen LogP contribution in [0.5, 0.6) is 0 Å². The summed E-state index contributed by atoms with van der Waals surface area (Å²) in [6.45, 7) is 6.37.